The Labute approximate surface area is 101 Å². The maximum Gasteiger partial charge on any atom is 0.194 e. The van der Waals surface area contributed by atoms with Crippen molar-refractivity contribution < 1.29 is 4.48 Å². The smallest absolute Gasteiger partial charge is 0.194 e. The van der Waals surface area contributed by atoms with Gasteiger partial charge in [-0.05, 0) is 12.8 Å². The molecule has 0 bridgehead atoms. The third-order valence-electron chi connectivity index (χ3n) is 3.32. The molecule has 92 valence electrons. The fourth-order valence-electron chi connectivity index (χ4n) is 2.14. The lowest BCUT2D eigenvalue weighted by Crippen LogP contribution is -2.35. The van der Waals surface area contributed by atoms with Crippen LogP contribution in [0.2, 0.25) is 0 Å². The van der Waals surface area contributed by atoms with E-state index in [-0.39, 0.29) is 0 Å². The molecule has 0 aromatic heterocycles. The van der Waals surface area contributed by atoms with Crippen LogP contribution in [0.4, 0.5) is 0 Å². The number of unbranched alkanes of at least 4 members (excludes halogenated alkanes) is 7. The van der Waals surface area contributed by atoms with Crippen molar-refractivity contribution in [1.82, 2.24) is 0 Å². The monoisotopic (exact) mass is 223 g/mol. The van der Waals surface area contributed by atoms with E-state index in [1.165, 1.54) is 57.9 Å². The van der Waals surface area contributed by atoms with Gasteiger partial charge in [-0.25, -0.2) is 4.99 Å². The minimum Gasteiger partial charge on any atom is -0.256 e. The molecule has 0 radical (unpaired) electrons. The second-order valence-electron chi connectivity index (χ2n) is 5.11. The van der Waals surface area contributed by atoms with Gasteiger partial charge in [-0.3, -0.25) is 4.48 Å². The fraction of sp³-hybridized carbons (Fsp3) is 0.786. The Kier molecular flexibility index (Phi) is 6.39. The molecule has 1 heterocycles. The lowest BCUT2D eigenvalue weighted by molar-refractivity contribution is -0.756. The highest BCUT2D eigenvalue weighted by Crippen LogP contribution is 2.12. The fourth-order valence-corrected chi connectivity index (χ4v) is 2.14. The zero-order valence-electron chi connectivity index (χ0n) is 11.0. The minimum atomic E-state index is 0.899. The molecule has 0 N–H and O–H groups in total. The summed E-state index contributed by atoms with van der Waals surface area (Å²) in [5.41, 5.74) is 0. The maximum atomic E-state index is 4.15. The number of hydrogen-bond donors (Lipinski definition) is 0. The van der Waals surface area contributed by atoms with Crippen LogP contribution in [0.25, 0.3) is 0 Å². The van der Waals surface area contributed by atoms with Gasteiger partial charge < -0.3 is 0 Å². The standard InChI is InChI=1S/C14H27N2/c1-3-4-5-6-7-8-9-10-12-16(2)13-11-15-14-16/h11,13-14H,3-10,12H2,1-2H3/q+1. The Morgan fingerprint density at radius 2 is 1.56 bits per heavy atom. The molecular formula is C14H27N2+. The van der Waals surface area contributed by atoms with Gasteiger partial charge in [-0.2, -0.15) is 0 Å². The molecule has 0 saturated carbocycles. The van der Waals surface area contributed by atoms with Crippen molar-refractivity contribution in [3.05, 3.63) is 12.4 Å². The van der Waals surface area contributed by atoms with Crippen molar-refractivity contribution in [2.75, 3.05) is 13.6 Å². The summed E-state index contributed by atoms with van der Waals surface area (Å²) in [6, 6.07) is 0. The van der Waals surface area contributed by atoms with E-state index < -0.39 is 0 Å². The topological polar surface area (TPSA) is 12.4 Å². The predicted octanol–water partition coefficient (Wildman–Crippen LogP) is 4.09. The average Bonchev–Trinajstić information content (AvgIpc) is 2.70. The number of quaternary nitrogens is 1. The summed E-state index contributed by atoms with van der Waals surface area (Å²) < 4.78 is 0.899. The van der Waals surface area contributed by atoms with E-state index in [1.54, 1.807) is 0 Å². The first kappa shape index (κ1) is 13.4. The largest absolute Gasteiger partial charge is 0.256 e. The highest BCUT2D eigenvalue weighted by atomic mass is 15.3. The quantitative estimate of drug-likeness (QED) is 0.412. The summed E-state index contributed by atoms with van der Waals surface area (Å²) in [6.07, 6.45) is 17.3. The number of nitrogens with zero attached hydrogens (tertiary/aromatic N) is 2. The van der Waals surface area contributed by atoms with Crippen LogP contribution in [-0.2, 0) is 0 Å². The van der Waals surface area contributed by atoms with E-state index in [0.29, 0.717) is 0 Å². The van der Waals surface area contributed by atoms with Crippen molar-refractivity contribution in [1.29, 1.82) is 0 Å². The Morgan fingerprint density at radius 3 is 2.12 bits per heavy atom. The van der Waals surface area contributed by atoms with Crippen LogP contribution in [0, 0.1) is 0 Å². The van der Waals surface area contributed by atoms with Crippen LogP contribution in [-0.4, -0.2) is 24.4 Å². The predicted molar refractivity (Wildman–Crippen MR) is 71.3 cm³/mol. The SMILES string of the molecule is CCCCCCCCCC[N+]1(C)C=CN=C1. The Bertz CT molecular complexity index is 219. The molecule has 1 unspecified atom stereocenters. The van der Waals surface area contributed by atoms with Gasteiger partial charge in [0.05, 0.1) is 19.8 Å². The lowest BCUT2D eigenvalue weighted by Gasteiger charge is -2.21. The zero-order valence-corrected chi connectivity index (χ0v) is 11.0. The molecule has 2 nitrogen and oxygen atoms in total. The normalized spacial score (nSPS) is 23.1. The summed E-state index contributed by atoms with van der Waals surface area (Å²) in [5.74, 6) is 0. The molecule has 1 rings (SSSR count). The van der Waals surface area contributed by atoms with E-state index in [9.17, 15) is 0 Å². The number of hydrogen-bond acceptors (Lipinski definition) is 1. The first-order valence-corrected chi connectivity index (χ1v) is 6.84. The summed E-state index contributed by atoms with van der Waals surface area (Å²) >= 11 is 0. The Morgan fingerprint density at radius 1 is 0.938 bits per heavy atom. The maximum absolute atomic E-state index is 4.15. The van der Waals surface area contributed by atoms with Gasteiger partial charge in [0.25, 0.3) is 0 Å². The summed E-state index contributed by atoms with van der Waals surface area (Å²) in [5, 5.41) is 0. The highest BCUT2D eigenvalue weighted by molar-refractivity contribution is 5.50. The zero-order chi connectivity index (χ0) is 11.7. The Hall–Kier alpha value is -0.630. The van der Waals surface area contributed by atoms with Crippen molar-refractivity contribution in [2.45, 2.75) is 58.3 Å². The molecule has 0 spiro atoms. The van der Waals surface area contributed by atoms with Gasteiger partial charge in [0.2, 0.25) is 0 Å². The lowest BCUT2D eigenvalue weighted by atomic mass is 10.1. The van der Waals surface area contributed by atoms with E-state index >= 15 is 0 Å². The van der Waals surface area contributed by atoms with Crippen LogP contribution in [0.15, 0.2) is 17.4 Å². The third-order valence-corrected chi connectivity index (χ3v) is 3.32. The highest BCUT2D eigenvalue weighted by Gasteiger charge is 2.17. The minimum absolute atomic E-state index is 0.899. The Balaban J connectivity index is 1.88. The molecule has 0 saturated heterocycles. The molecule has 0 aromatic carbocycles. The number of rotatable bonds is 9. The van der Waals surface area contributed by atoms with Crippen molar-refractivity contribution in [3.63, 3.8) is 0 Å². The first-order valence-electron chi connectivity index (χ1n) is 6.84. The third kappa shape index (κ3) is 5.45. The molecule has 1 atom stereocenters. The van der Waals surface area contributed by atoms with Gasteiger partial charge in [-0.15, -0.1) is 0 Å². The molecule has 16 heavy (non-hydrogen) atoms. The van der Waals surface area contributed by atoms with Gasteiger partial charge in [0.15, 0.2) is 6.34 Å². The second-order valence-corrected chi connectivity index (χ2v) is 5.11. The van der Waals surface area contributed by atoms with Gasteiger partial charge in [0, 0.05) is 0 Å². The van der Waals surface area contributed by atoms with Crippen LogP contribution in [0.3, 0.4) is 0 Å². The second kappa shape index (κ2) is 7.61. The van der Waals surface area contributed by atoms with Gasteiger partial charge in [-0.1, -0.05) is 45.4 Å². The summed E-state index contributed by atoms with van der Waals surface area (Å²) in [6.45, 7) is 3.48. The van der Waals surface area contributed by atoms with E-state index in [4.69, 9.17) is 0 Å². The average molecular weight is 223 g/mol. The van der Waals surface area contributed by atoms with Crippen LogP contribution >= 0.6 is 0 Å². The van der Waals surface area contributed by atoms with Crippen molar-refractivity contribution in [3.8, 4) is 0 Å². The van der Waals surface area contributed by atoms with Crippen LogP contribution in [0.5, 0.6) is 0 Å². The van der Waals surface area contributed by atoms with Crippen molar-refractivity contribution >= 4 is 6.34 Å². The van der Waals surface area contributed by atoms with Crippen LogP contribution < -0.4 is 0 Å². The van der Waals surface area contributed by atoms with Crippen molar-refractivity contribution in [2.24, 2.45) is 4.99 Å². The summed E-state index contributed by atoms with van der Waals surface area (Å²) in [4.78, 5) is 4.15. The van der Waals surface area contributed by atoms with Crippen LogP contribution in [0.1, 0.15) is 58.3 Å². The molecule has 2 heteroatoms. The molecule has 1 aliphatic rings. The molecule has 0 aromatic rings. The van der Waals surface area contributed by atoms with E-state index in [2.05, 4.69) is 25.2 Å². The summed E-state index contributed by atoms with van der Waals surface area (Å²) in [7, 11) is 2.22. The number of aliphatic imine (C=N–C) groups is 1. The molecule has 0 amide bonds. The van der Waals surface area contributed by atoms with E-state index in [0.717, 1.165) is 4.48 Å². The molecule has 0 aliphatic carbocycles. The van der Waals surface area contributed by atoms with E-state index in [1.807, 2.05) is 12.5 Å². The van der Waals surface area contributed by atoms with Gasteiger partial charge >= 0.3 is 0 Å². The van der Waals surface area contributed by atoms with Gasteiger partial charge in [0.1, 0.15) is 6.20 Å². The molecular weight excluding hydrogens is 196 g/mol. The molecule has 1 aliphatic heterocycles. The molecule has 0 fully saturated rings. The first-order chi connectivity index (χ1) is 7.77.